The summed E-state index contributed by atoms with van der Waals surface area (Å²) in [6, 6.07) is 6.99. The standard InChI is InChI=1S/C13H16N2O3/c1-9(16)14(2)12-6-4-3-5-11(12)13(18)15-7-10(17)8-15/h3-6,10,17H,7-8H2,1-2H3. The number of nitrogens with zero attached hydrogens (tertiary/aromatic N) is 2. The van der Waals surface area contributed by atoms with Crippen LogP contribution in [0.4, 0.5) is 5.69 Å². The van der Waals surface area contributed by atoms with E-state index in [1.54, 1.807) is 36.2 Å². The summed E-state index contributed by atoms with van der Waals surface area (Å²) < 4.78 is 0. The summed E-state index contributed by atoms with van der Waals surface area (Å²) in [5.41, 5.74) is 1.08. The normalized spacial score (nSPS) is 15.2. The number of benzene rings is 1. The predicted molar refractivity (Wildman–Crippen MR) is 67.4 cm³/mol. The highest BCUT2D eigenvalue weighted by Gasteiger charge is 2.31. The summed E-state index contributed by atoms with van der Waals surface area (Å²) in [7, 11) is 1.64. The number of likely N-dealkylation sites (tertiary alicyclic amines) is 1. The number of hydrogen-bond acceptors (Lipinski definition) is 3. The fourth-order valence-corrected chi connectivity index (χ4v) is 1.91. The first-order chi connectivity index (χ1) is 8.50. The molecule has 2 rings (SSSR count). The zero-order chi connectivity index (χ0) is 13.3. The molecule has 5 heteroatoms. The van der Waals surface area contributed by atoms with Gasteiger partial charge < -0.3 is 14.9 Å². The molecule has 1 aromatic carbocycles. The van der Waals surface area contributed by atoms with Gasteiger partial charge in [0.2, 0.25) is 5.91 Å². The molecular weight excluding hydrogens is 232 g/mol. The highest BCUT2D eigenvalue weighted by atomic mass is 16.3. The Hall–Kier alpha value is -1.88. The van der Waals surface area contributed by atoms with Gasteiger partial charge in [0.15, 0.2) is 0 Å². The minimum absolute atomic E-state index is 0.126. The second-order valence-corrected chi connectivity index (χ2v) is 4.46. The summed E-state index contributed by atoms with van der Waals surface area (Å²) in [6.07, 6.45) is -0.424. The Morgan fingerprint density at radius 2 is 1.94 bits per heavy atom. The first-order valence-electron chi connectivity index (χ1n) is 5.81. The van der Waals surface area contributed by atoms with E-state index in [0.29, 0.717) is 24.3 Å². The van der Waals surface area contributed by atoms with Crippen molar-refractivity contribution < 1.29 is 14.7 Å². The first kappa shape index (κ1) is 12.6. The van der Waals surface area contributed by atoms with E-state index in [1.807, 2.05) is 0 Å². The van der Waals surface area contributed by atoms with Crippen molar-refractivity contribution in [3.05, 3.63) is 29.8 Å². The third-order valence-corrected chi connectivity index (χ3v) is 3.12. The molecule has 1 saturated heterocycles. The number of hydrogen-bond donors (Lipinski definition) is 1. The highest BCUT2D eigenvalue weighted by Crippen LogP contribution is 2.23. The Morgan fingerprint density at radius 3 is 2.50 bits per heavy atom. The van der Waals surface area contributed by atoms with Crippen LogP contribution in [0.15, 0.2) is 24.3 Å². The van der Waals surface area contributed by atoms with Crippen LogP contribution in [0.5, 0.6) is 0 Å². The van der Waals surface area contributed by atoms with Gasteiger partial charge in [-0.3, -0.25) is 9.59 Å². The fraction of sp³-hybridized carbons (Fsp3) is 0.385. The summed E-state index contributed by atoms with van der Waals surface area (Å²) in [6.45, 7) is 2.17. The molecule has 5 nitrogen and oxygen atoms in total. The number of anilines is 1. The Labute approximate surface area is 106 Å². The van der Waals surface area contributed by atoms with Crippen molar-refractivity contribution in [3.8, 4) is 0 Å². The van der Waals surface area contributed by atoms with Crippen molar-refractivity contribution in [2.45, 2.75) is 13.0 Å². The van der Waals surface area contributed by atoms with Crippen molar-refractivity contribution >= 4 is 17.5 Å². The van der Waals surface area contributed by atoms with Crippen molar-refractivity contribution in [1.29, 1.82) is 0 Å². The van der Waals surface area contributed by atoms with E-state index in [2.05, 4.69) is 0 Å². The molecule has 0 radical (unpaired) electrons. The number of carbonyl (C=O) groups excluding carboxylic acids is 2. The third-order valence-electron chi connectivity index (χ3n) is 3.12. The molecule has 18 heavy (non-hydrogen) atoms. The lowest BCUT2D eigenvalue weighted by Gasteiger charge is -2.36. The van der Waals surface area contributed by atoms with E-state index in [0.717, 1.165) is 0 Å². The smallest absolute Gasteiger partial charge is 0.256 e. The number of aliphatic hydroxyl groups is 1. The number of amides is 2. The maximum Gasteiger partial charge on any atom is 0.256 e. The molecule has 1 heterocycles. The van der Waals surface area contributed by atoms with Gasteiger partial charge >= 0.3 is 0 Å². The first-order valence-corrected chi connectivity index (χ1v) is 5.81. The lowest BCUT2D eigenvalue weighted by Crippen LogP contribution is -2.53. The topological polar surface area (TPSA) is 60.9 Å². The largest absolute Gasteiger partial charge is 0.389 e. The van der Waals surface area contributed by atoms with E-state index in [9.17, 15) is 14.7 Å². The molecule has 1 aliphatic heterocycles. The maximum absolute atomic E-state index is 12.2. The van der Waals surface area contributed by atoms with Crippen LogP contribution in [0.1, 0.15) is 17.3 Å². The third kappa shape index (κ3) is 2.22. The van der Waals surface area contributed by atoms with Crippen LogP contribution >= 0.6 is 0 Å². The molecule has 0 atom stereocenters. The van der Waals surface area contributed by atoms with Crippen LogP contribution in [-0.4, -0.2) is 48.1 Å². The molecule has 0 aliphatic carbocycles. The van der Waals surface area contributed by atoms with Gasteiger partial charge in [-0.05, 0) is 12.1 Å². The number of para-hydroxylation sites is 1. The fourth-order valence-electron chi connectivity index (χ4n) is 1.91. The lowest BCUT2D eigenvalue weighted by molar-refractivity contribution is -0.116. The van der Waals surface area contributed by atoms with Crippen molar-refractivity contribution in [2.24, 2.45) is 0 Å². The average molecular weight is 248 g/mol. The summed E-state index contributed by atoms with van der Waals surface area (Å²) >= 11 is 0. The van der Waals surface area contributed by atoms with E-state index in [-0.39, 0.29) is 11.8 Å². The average Bonchev–Trinajstić information content (AvgIpc) is 2.33. The van der Waals surface area contributed by atoms with E-state index in [4.69, 9.17) is 0 Å². The molecule has 1 fully saturated rings. The number of carbonyl (C=O) groups is 2. The van der Waals surface area contributed by atoms with Gasteiger partial charge in [-0.1, -0.05) is 12.1 Å². The Balaban J connectivity index is 2.27. The minimum Gasteiger partial charge on any atom is -0.389 e. The van der Waals surface area contributed by atoms with Crippen LogP contribution in [0.2, 0.25) is 0 Å². The number of aliphatic hydroxyl groups excluding tert-OH is 1. The molecule has 0 bridgehead atoms. The number of β-amino-alcohol motifs (C(OH)–C–C–N with tert-alkyl or cyclic N) is 1. The Morgan fingerprint density at radius 1 is 1.33 bits per heavy atom. The molecule has 0 saturated carbocycles. The van der Waals surface area contributed by atoms with Crippen LogP contribution in [0, 0.1) is 0 Å². The zero-order valence-corrected chi connectivity index (χ0v) is 10.5. The molecule has 96 valence electrons. The van der Waals surface area contributed by atoms with Gasteiger partial charge in [-0.15, -0.1) is 0 Å². The van der Waals surface area contributed by atoms with E-state index in [1.165, 1.54) is 11.8 Å². The summed E-state index contributed by atoms with van der Waals surface area (Å²) in [4.78, 5) is 26.6. The molecule has 1 N–H and O–H groups in total. The molecule has 0 spiro atoms. The lowest BCUT2D eigenvalue weighted by atomic mass is 10.1. The highest BCUT2D eigenvalue weighted by molar-refractivity contribution is 6.04. The van der Waals surface area contributed by atoms with Gasteiger partial charge in [-0.2, -0.15) is 0 Å². The second-order valence-electron chi connectivity index (χ2n) is 4.46. The van der Waals surface area contributed by atoms with Crippen LogP contribution in [-0.2, 0) is 4.79 Å². The van der Waals surface area contributed by atoms with E-state index < -0.39 is 6.10 Å². The van der Waals surface area contributed by atoms with Crippen LogP contribution in [0.25, 0.3) is 0 Å². The summed E-state index contributed by atoms with van der Waals surface area (Å²) in [5, 5.41) is 9.22. The SMILES string of the molecule is CC(=O)N(C)c1ccccc1C(=O)N1CC(O)C1. The molecule has 1 aliphatic rings. The quantitative estimate of drug-likeness (QED) is 0.828. The van der Waals surface area contributed by atoms with Crippen molar-refractivity contribution in [3.63, 3.8) is 0 Å². The van der Waals surface area contributed by atoms with Gasteiger partial charge in [0.25, 0.3) is 5.91 Å². The van der Waals surface area contributed by atoms with Crippen LogP contribution in [0.3, 0.4) is 0 Å². The van der Waals surface area contributed by atoms with Gasteiger partial charge in [0, 0.05) is 27.1 Å². The Kier molecular flexibility index (Phi) is 3.34. The zero-order valence-electron chi connectivity index (χ0n) is 10.5. The van der Waals surface area contributed by atoms with Gasteiger partial charge in [-0.25, -0.2) is 0 Å². The second kappa shape index (κ2) is 4.78. The molecule has 2 amide bonds. The monoisotopic (exact) mass is 248 g/mol. The van der Waals surface area contributed by atoms with Crippen LogP contribution < -0.4 is 4.90 Å². The van der Waals surface area contributed by atoms with Crippen molar-refractivity contribution in [1.82, 2.24) is 4.90 Å². The molecule has 1 aromatic rings. The minimum atomic E-state index is -0.424. The van der Waals surface area contributed by atoms with E-state index >= 15 is 0 Å². The van der Waals surface area contributed by atoms with Crippen molar-refractivity contribution in [2.75, 3.05) is 25.0 Å². The Bertz CT molecular complexity index is 481. The summed E-state index contributed by atoms with van der Waals surface area (Å²) in [5.74, 6) is -0.275. The maximum atomic E-state index is 12.2. The molecular formula is C13H16N2O3. The molecule has 0 aromatic heterocycles. The predicted octanol–water partition coefficient (Wildman–Crippen LogP) is 0.486. The molecule has 0 unspecified atom stereocenters. The van der Waals surface area contributed by atoms with Gasteiger partial charge in [0.1, 0.15) is 0 Å². The van der Waals surface area contributed by atoms with Gasteiger partial charge in [0.05, 0.1) is 17.4 Å². The number of rotatable bonds is 2.